The summed E-state index contributed by atoms with van der Waals surface area (Å²) in [5, 5.41) is 12.8. The van der Waals surface area contributed by atoms with Crippen LogP contribution in [0.2, 0.25) is 0 Å². The Morgan fingerprint density at radius 3 is 2.57 bits per heavy atom. The number of hydrogen-bond acceptors (Lipinski definition) is 4. The van der Waals surface area contributed by atoms with E-state index in [9.17, 15) is 10.1 Å². The van der Waals surface area contributed by atoms with Gasteiger partial charge in [-0.25, -0.2) is 0 Å². The molecule has 1 saturated carbocycles. The molecule has 1 aromatic rings. The predicted octanol–water partition coefficient (Wildman–Crippen LogP) is 2.59. The Hall–Kier alpha value is -1.86. The van der Waals surface area contributed by atoms with E-state index in [1.54, 1.807) is 0 Å². The first-order valence-corrected chi connectivity index (χ1v) is 7.50. The zero-order valence-electron chi connectivity index (χ0n) is 12.5. The zero-order valence-corrected chi connectivity index (χ0v) is 12.5. The molecule has 0 aromatic heterocycles. The third kappa shape index (κ3) is 4.05. The number of benzene rings is 1. The summed E-state index contributed by atoms with van der Waals surface area (Å²) in [6.07, 6.45) is 5.35. The molecule has 21 heavy (non-hydrogen) atoms. The van der Waals surface area contributed by atoms with Crippen LogP contribution in [0.1, 0.15) is 37.7 Å². The monoisotopic (exact) mass is 286 g/mol. The first-order chi connectivity index (χ1) is 10.2. The number of hydrogen-bond donors (Lipinski definition) is 1. The van der Waals surface area contributed by atoms with Gasteiger partial charge in [-0.15, -0.1) is 0 Å². The highest BCUT2D eigenvalue weighted by Crippen LogP contribution is 2.28. The fourth-order valence-corrected chi connectivity index (χ4v) is 2.96. The van der Waals surface area contributed by atoms with Crippen molar-refractivity contribution in [3.8, 4) is 6.07 Å². The third-order valence-electron chi connectivity index (χ3n) is 4.14. The molecule has 0 aliphatic heterocycles. The third-order valence-corrected chi connectivity index (χ3v) is 4.14. The van der Waals surface area contributed by atoms with Gasteiger partial charge in [-0.1, -0.05) is 49.6 Å². The van der Waals surface area contributed by atoms with Crippen LogP contribution < -0.4 is 5.32 Å². The van der Waals surface area contributed by atoms with E-state index in [0.29, 0.717) is 6.42 Å². The second-order valence-electron chi connectivity index (χ2n) is 5.66. The highest BCUT2D eigenvalue weighted by molar-refractivity contribution is 5.76. The predicted molar refractivity (Wildman–Crippen MR) is 80.5 cm³/mol. The molecule has 1 fully saturated rings. The first kappa shape index (κ1) is 15.5. The summed E-state index contributed by atoms with van der Waals surface area (Å²) in [5.74, 6) is -0.306. The highest BCUT2D eigenvalue weighted by atomic mass is 16.5. The molecule has 112 valence electrons. The van der Waals surface area contributed by atoms with Gasteiger partial charge in [-0.2, -0.15) is 5.26 Å². The molecule has 1 atom stereocenters. The molecule has 1 aliphatic rings. The summed E-state index contributed by atoms with van der Waals surface area (Å²) >= 11 is 0. The first-order valence-electron chi connectivity index (χ1n) is 7.50. The van der Waals surface area contributed by atoms with Gasteiger partial charge in [0.25, 0.3) is 0 Å². The lowest BCUT2D eigenvalue weighted by atomic mass is 9.82. The summed E-state index contributed by atoms with van der Waals surface area (Å²) in [5.41, 5.74) is 0.468. The van der Waals surface area contributed by atoms with Crippen LogP contribution in [0.25, 0.3) is 0 Å². The van der Waals surface area contributed by atoms with Gasteiger partial charge in [0.15, 0.2) is 0 Å². The molecule has 0 radical (unpaired) electrons. The maximum Gasteiger partial charge on any atom is 0.323 e. The fraction of sp³-hybridized carbons (Fsp3) is 0.529. The van der Waals surface area contributed by atoms with E-state index in [0.717, 1.165) is 37.7 Å². The minimum atomic E-state index is -0.591. The molecule has 4 heteroatoms. The van der Waals surface area contributed by atoms with E-state index in [-0.39, 0.29) is 5.97 Å². The number of carbonyl (C=O) groups is 1. The number of methoxy groups -OCH3 is 1. The molecule has 0 amide bonds. The Morgan fingerprint density at radius 1 is 1.33 bits per heavy atom. The second-order valence-corrected chi connectivity index (χ2v) is 5.66. The Morgan fingerprint density at radius 2 is 2.00 bits per heavy atom. The molecule has 1 aliphatic carbocycles. The number of nitrogens with zero attached hydrogens (tertiary/aromatic N) is 1. The number of carbonyl (C=O) groups excluding carboxylic acids is 1. The zero-order chi connectivity index (χ0) is 15.1. The van der Waals surface area contributed by atoms with Gasteiger partial charge in [-0.3, -0.25) is 10.1 Å². The van der Waals surface area contributed by atoms with E-state index in [1.807, 2.05) is 30.3 Å². The summed E-state index contributed by atoms with van der Waals surface area (Å²) in [6.45, 7) is 0. The van der Waals surface area contributed by atoms with Crippen LogP contribution in [0, 0.1) is 11.3 Å². The standard InChI is InChI=1S/C17H22N2O2/c1-21-16(20)15(12-14-8-4-2-5-9-14)19-17(13-18)10-6-3-7-11-17/h2,4-5,8-9,15,19H,3,6-7,10-12H2,1H3. The van der Waals surface area contributed by atoms with Gasteiger partial charge < -0.3 is 4.74 Å². The summed E-state index contributed by atoms with van der Waals surface area (Å²) < 4.78 is 4.90. The van der Waals surface area contributed by atoms with E-state index >= 15 is 0 Å². The van der Waals surface area contributed by atoms with E-state index in [4.69, 9.17) is 4.74 Å². The summed E-state index contributed by atoms with van der Waals surface area (Å²) in [6, 6.07) is 11.7. The maximum absolute atomic E-state index is 12.1. The van der Waals surface area contributed by atoms with E-state index < -0.39 is 11.6 Å². The van der Waals surface area contributed by atoms with Gasteiger partial charge >= 0.3 is 5.97 Å². The molecule has 0 heterocycles. The molecule has 4 nitrogen and oxygen atoms in total. The normalized spacial score (nSPS) is 18.5. The van der Waals surface area contributed by atoms with Crippen molar-refractivity contribution in [2.24, 2.45) is 0 Å². The van der Waals surface area contributed by atoms with Crippen molar-refractivity contribution in [2.75, 3.05) is 7.11 Å². The van der Waals surface area contributed by atoms with Crippen LogP contribution in [0.15, 0.2) is 30.3 Å². The molecule has 1 N–H and O–H groups in total. The molecule has 0 saturated heterocycles. The lowest BCUT2D eigenvalue weighted by Gasteiger charge is -2.34. The van der Waals surface area contributed by atoms with Crippen LogP contribution in [0.5, 0.6) is 0 Å². The van der Waals surface area contributed by atoms with Crippen molar-refractivity contribution in [2.45, 2.75) is 50.1 Å². The number of nitrogens with one attached hydrogen (secondary N) is 1. The van der Waals surface area contributed by atoms with Crippen molar-refractivity contribution < 1.29 is 9.53 Å². The van der Waals surface area contributed by atoms with Gasteiger partial charge in [0.2, 0.25) is 0 Å². The average molecular weight is 286 g/mol. The minimum absolute atomic E-state index is 0.306. The SMILES string of the molecule is COC(=O)C(Cc1ccccc1)NC1(C#N)CCCCC1. The quantitative estimate of drug-likeness (QED) is 0.845. The number of ether oxygens (including phenoxy) is 1. The van der Waals surface area contributed by atoms with Crippen molar-refractivity contribution >= 4 is 5.97 Å². The Kier molecular flexibility index (Phi) is 5.35. The van der Waals surface area contributed by atoms with Gasteiger partial charge in [0.05, 0.1) is 13.2 Å². The van der Waals surface area contributed by atoms with Gasteiger partial charge in [0.1, 0.15) is 11.6 Å². The van der Waals surface area contributed by atoms with Gasteiger partial charge in [0, 0.05) is 0 Å². The van der Waals surface area contributed by atoms with E-state index in [2.05, 4.69) is 11.4 Å². The molecule has 0 bridgehead atoms. The maximum atomic E-state index is 12.1. The molecule has 1 aromatic carbocycles. The lowest BCUT2D eigenvalue weighted by molar-refractivity contribution is -0.143. The lowest BCUT2D eigenvalue weighted by Crippen LogP contribution is -2.54. The van der Waals surface area contributed by atoms with Crippen LogP contribution in [0.4, 0.5) is 0 Å². The van der Waals surface area contributed by atoms with Crippen molar-refractivity contribution in [1.29, 1.82) is 5.26 Å². The van der Waals surface area contributed by atoms with Gasteiger partial charge in [-0.05, 0) is 24.8 Å². The molecule has 2 rings (SSSR count). The Labute approximate surface area is 126 Å². The summed E-state index contributed by atoms with van der Waals surface area (Å²) in [4.78, 5) is 12.1. The van der Waals surface area contributed by atoms with Crippen LogP contribution >= 0.6 is 0 Å². The number of rotatable bonds is 5. The average Bonchev–Trinajstić information content (AvgIpc) is 2.55. The van der Waals surface area contributed by atoms with Crippen LogP contribution in [0.3, 0.4) is 0 Å². The van der Waals surface area contributed by atoms with Crippen molar-refractivity contribution in [1.82, 2.24) is 5.32 Å². The largest absolute Gasteiger partial charge is 0.468 e. The number of esters is 1. The topological polar surface area (TPSA) is 62.1 Å². The minimum Gasteiger partial charge on any atom is -0.468 e. The molecule has 1 unspecified atom stereocenters. The number of nitriles is 1. The Balaban J connectivity index is 2.12. The molecular formula is C17H22N2O2. The van der Waals surface area contributed by atoms with Crippen LogP contribution in [-0.4, -0.2) is 24.7 Å². The second kappa shape index (κ2) is 7.24. The van der Waals surface area contributed by atoms with Crippen molar-refractivity contribution in [3.63, 3.8) is 0 Å². The fourth-order valence-electron chi connectivity index (χ4n) is 2.96. The van der Waals surface area contributed by atoms with Crippen LogP contribution in [-0.2, 0) is 16.0 Å². The van der Waals surface area contributed by atoms with Crippen molar-refractivity contribution in [3.05, 3.63) is 35.9 Å². The molecule has 0 spiro atoms. The highest BCUT2D eigenvalue weighted by Gasteiger charge is 2.36. The Bertz CT molecular complexity index is 501. The summed E-state index contributed by atoms with van der Waals surface area (Å²) in [7, 11) is 1.39. The molecular weight excluding hydrogens is 264 g/mol. The van der Waals surface area contributed by atoms with E-state index in [1.165, 1.54) is 7.11 Å². The smallest absolute Gasteiger partial charge is 0.323 e.